The van der Waals surface area contributed by atoms with Crippen LogP contribution in [-0.4, -0.2) is 17.2 Å². The molecule has 0 fully saturated rings. The summed E-state index contributed by atoms with van der Waals surface area (Å²) in [4.78, 5) is 4.41. The van der Waals surface area contributed by atoms with Gasteiger partial charge in [-0.2, -0.15) is 0 Å². The van der Waals surface area contributed by atoms with Gasteiger partial charge in [-0.1, -0.05) is 24.3 Å². The second-order valence-corrected chi connectivity index (χ2v) is 4.78. The molecule has 4 heteroatoms. The van der Waals surface area contributed by atoms with Gasteiger partial charge in [-0.25, -0.2) is 0 Å². The van der Waals surface area contributed by atoms with Crippen molar-refractivity contribution in [2.45, 2.75) is 6.54 Å². The van der Waals surface area contributed by atoms with Crippen molar-refractivity contribution in [1.29, 1.82) is 0 Å². The third kappa shape index (κ3) is 2.89. The lowest BCUT2D eigenvalue weighted by atomic mass is 10.2. The number of nitrogens with zero attached hydrogens (tertiary/aromatic N) is 1. The van der Waals surface area contributed by atoms with E-state index in [2.05, 4.69) is 16.4 Å². The molecule has 0 radical (unpaired) electrons. The molecule has 0 bridgehead atoms. The van der Waals surface area contributed by atoms with Gasteiger partial charge in [0.15, 0.2) is 11.5 Å². The summed E-state index contributed by atoms with van der Waals surface area (Å²) < 4.78 is 5.11. The fraction of sp³-hybridized carbons (Fsp3) is 0.118. The predicted octanol–water partition coefficient (Wildman–Crippen LogP) is 3.56. The van der Waals surface area contributed by atoms with Crippen molar-refractivity contribution in [2.75, 3.05) is 12.4 Å². The van der Waals surface area contributed by atoms with E-state index in [-0.39, 0.29) is 5.75 Å². The third-order valence-corrected chi connectivity index (χ3v) is 3.33. The van der Waals surface area contributed by atoms with E-state index in [0.29, 0.717) is 12.3 Å². The number of fused-ring (bicyclic) bond motifs is 1. The Kier molecular flexibility index (Phi) is 3.60. The number of ether oxygens (including phenoxy) is 1. The maximum Gasteiger partial charge on any atom is 0.160 e. The number of aromatic nitrogens is 1. The SMILES string of the molecule is COc1cc(CNc2cnc3ccccc3c2)ccc1O. The van der Waals surface area contributed by atoms with Crippen LogP contribution in [-0.2, 0) is 6.54 Å². The molecule has 0 aliphatic rings. The predicted molar refractivity (Wildman–Crippen MR) is 83.7 cm³/mol. The molecule has 0 spiro atoms. The Morgan fingerprint density at radius 2 is 2.00 bits per heavy atom. The van der Waals surface area contributed by atoms with Gasteiger partial charge in [0.2, 0.25) is 0 Å². The highest BCUT2D eigenvalue weighted by molar-refractivity contribution is 5.81. The minimum absolute atomic E-state index is 0.147. The average Bonchev–Trinajstić information content (AvgIpc) is 2.54. The molecule has 21 heavy (non-hydrogen) atoms. The lowest BCUT2D eigenvalue weighted by Gasteiger charge is -2.09. The number of hydrogen-bond donors (Lipinski definition) is 2. The van der Waals surface area contributed by atoms with Crippen molar-refractivity contribution in [1.82, 2.24) is 4.98 Å². The molecule has 0 unspecified atom stereocenters. The number of benzene rings is 2. The Labute approximate surface area is 123 Å². The first-order valence-corrected chi connectivity index (χ1v) is 6.71. The van der Waals surface area contributed by atoms with Gasteiger partial charge in [0, 0.05) is 11.9 Å². The van der Waals surface area contributed by atoms with Crippen LogP contribution in [0, 0.1) is 0 Å². The number of nitrogens with one attached hydrogen (secondary N) is 1. The van der Waals surface area contributed by atoms with Gasteiger partial charge in [-0.05, 0) is 29.8 Å². The van der Waals surface area contributed by atoms with Crippen LogP contribution in [0.2, 0.25) is 0 Å². The molecule has 2 aromatic carbocycles. The monoisotopic (exact) mass is 280 g/mol. The van der Waals surface area contributed by atoms with Gasteiger partial charge in [0.1, 0.15) is 0 Å². The van der Waals surface area contributed by atoms with E-state index in [1.165, 1.54) is 0 Å². The summed E-state index contributed by atoms with van der Waals surface area (Å²) in [5.74, 6) is 0.625. The highest BCUT2D eigenvalue weighted by atomic mass is 16.5. The summed E-state index contributed by atoms with van der Waals surface area (Å²) in [6, 6.07) is 15.4. The van der Waals surface area contributed by atoms with E-state index in [0.717, 1.165) is 22.2 Å². The first-order chi connectivity index (χ1) is 10.3. The zero-order chi connectivity index (χ0) is 14.7. The summed E-state index contributed by atoms with van der Waals surface area (Å²) in [6.45, 7) is 0.636. The quantitative estimate of drug-likeness (QED) is 0.767. The van der Waals surface area contributed by atoms with Crippen LogP contribution in [0.25, 0.3) is 10.9 Å². The molecule has 1 aromatic heterocycles. The molecule has 0 atom stereocenters. The number of pyridine rings is 1. The molecule has 0 amide bonds. The smallest absolute Gasteiger partial charge is 0.160 e. The number of rotatable bonds is 4. The average molecular weight is 280 g/mol. The van der Waals surface area contributed by atoms with Crippen LogP contribution in [0.3, 0.4) is 0 Å². The molecular formula is C17H16N2O2. The van der Waals surface area contributed by atoms with Gasteiger partial charge >= 0.3 is 0 Å². The third-order valence-electron chi connectivity index (χ3n) is 3.33. The van der Waals surface area contributed by atoms with E-state index < -0.39 is 0 Å². The van der Waals surface area contributed by atoms with Crippen LogP contribution in [0.4, 0.5) is 5.69 Å². The zero-order valence-electron chi connectivity index (χ0n) is 11.7. The molecule has 4 nitrogen and oxygen atoms in total. The number of phenolic OH excluding ortho intramolecular Hbond substituents is 1. The second-order valence-electron chi connectivity index (χ2n) is 4.78. The minimum atomic E-state index is 0.147. The maximum absolute atomic E-state index is 9.58. The zero-order valence-corrected chi connectivity index (χ0v) is 11.7. The number of phenols is 1. The van der Waals surface area contributed by atoms with Crippen LogP contribution in [0.5, 0.6) is 11.5 Å². The molecule has 3 aromatic rings. The molecule has 0 aliphatic carbocycles. The van der Waals surface area contributed by atoms with E-state index in [1.807, 2.05) is 42.6 Å². The van der Waals surface area contributed by atoms with Crippen LogP contribution >= 0.6 is 0 Å². The number of aromatic hydroxyl groups is 1. The Morgan fingerprint density at radius 3 is 2.86 bits per heavy atom. The van der Waals surface area contributed by atoms with Crippen LogP contribution < -0.4 is 10.1 Å². The lowest BCUT2D eigenvalue weighted by Crippen LogP contribution is -2.00. The number of methoxy groups -OCH3 is 1. The Morgan fingerprint density at radius 1 is 1.14 bits per heavy atom. The van der Waals surface area contributed by atoms with Gasteiger partial charge in [0.05, 0.1) is 24.5 Å². The summed E-state index contributed by atoms with van der Waals surface area (Å²) >= 11 is 0. The van der Waals surface area contributed by atoms with E-state index in [1.54, 1.807) is 13.2 Å². The Hall–Kier alpha value is -2.75. The molecule has 0 saturated heterocycles. The molecule has 3 rings (SSSR count). The minimum Gasteiger partial charge on any atom is -0.504 e. The number of para-hydroxylation sites is 1. The fourth-order valence-corrected chi connectivity index (χ4v) is 2.20. The summed E-state index contributed by atoms with van der Waals surface area (Å²) in [5, 5.41) is 14.0. The van der Waals surface area contributed by atoms with Crippen molar-refractivity contribution < 1.29 is 9.84 Å². The Balaban J connectivity index is 1.76. The second kappa shape index (κ2) is 5.71. The summed E-state index contributed by atoms with van der Waals surface area (Å²) in [6.07, 6.45) is 1.82. The highest BCUT2D eigenvalue weighted by Crippen LogP contribution is 2.26. The van der Waals surface area contributed by atoms with Crippen LogP contribution in [0.1, 0.15) is 5.56 Å². The van der Waals surface area contributed by atoms with Gasteiger partial charge < -0.3 is 15.2 Å². The van der Waals surface area contributed by atoms with Crippen molar-refractivity contribution in [3.63, 3.8) is 0 Å². The Bertz CT molecular complexity index is 772. The molecule has 0 saturated carbocycles. The molecule has 2 N–H and O–H groups in total. The van der Waals surface area contributed by atoms with Crippen molar-refractivity contribution in [3.05, 3.63) is 60.3 Å². The normalized spacial score (nSPS) is 10.5. The standard InChI is InChI=1S/C17H16N2O2/c1-21-17-8-12(6-7-16(17)20)10-18-14-9-13-4-2-3-5-15(13)19-11-14/h2-9,11,18,20H,10H2,1H3. The van der Waals surface area contributed by atoms with Crippen molar-refractivity contribution >= 4 is 16.6 Å². The van der Waals surface area contributed by atoms with Crippen molar-refractivity contribution in [2.24, 2.45) is 0 Å². The largest absolute Gasteiger partial charge is 0.504 e. The topological polar surface area (TPSA) is 54.4 Å². The number of anilines is 1. The fourth-order valence-electron chi connectivity index (χ4n) is 2.20. The van der Waals surface area contributed by atoms with Crippen LogP contribution in [0.15, 0.2) is 54.7 Å². The van der Waals surface area contributed by atoms with E-state index in [4.69, 9.17) is 4.74 Å². The number of hydrogen-bond acceptors (Lipinski definition) is 4. The van der Waals surface area contributed by atoms with Gasteiger partial charge in [-0.3, -0.25) is 4.98 Å². The van der Waals surface area contributed by atoms with E-state index in [9.17, 15) is 5.11 Å². The molecule has 106 valence electrons. The van der Waals surface area contributed by atoms with Gasteiger partial charge in [0.25, 0.3) is 0 Å². The maximum atomic E-state index is 9.58. The van der Waals surface area contributed by atoms with Crippen molar-refractivity contribution in [3.8, 4) is 11.5 Å². The molecule has 0 aliphatic heterocycles. The molecule has 1 heterocycles. The highest BCUT2D eigenvalue weighted by Gasteiger charge is 2.03. The first-order valence-electron chi connectivity index (χ1n) is 6.71. The summed E-state index contributed by atoms with van der Waals surface area (Å²) in [5.41, 5.74) is 2.97. The van der Waals surface area contributed by atoms with E-state index >= 15 is 0 Å². The lowest BCUT2D eigenvalue weighted by molar-refractivity contribution is 0.373. The summed E-state index contributed by atoms with van der Waals surface area (Å²) in [7, 11) is 1.54. The van der Waals surface area contributed by atoms with Gasteiger partial charge in [-0.15, -0.1) is 0 Å². The first kappa shape index (κ1) is 13.2. The molecular weight excluding hydrogens is 264 g/mol.